The summed E-state index contributed by atoms with van der Waals surface area (Å²) in [6.07, 6.45) is 2.30. The molecule has 20 heavy (non-hydrogen) atoms. The average molecular weight is 308 g/mol. The summed E-state index contributed by atoms with van der Waals surface area (Å²) in [5.74, 6) is 0. The van der Waals surface area contributed by atoms with Gasteiger partial charge < -0.3 is 4.23 Å². The van der Waals surface area contributed by atoms with Crippen LogP contribution in [0.1, 0.15) is 41.5 Å². The first kappa shape index (κ1) is 15.7. The number of hydrogen-bond acceptors (Lipinski definition) is 0. The van der Waals surface area contributed by atoms with E-state index in [9.17, 15) is 0 Å². The van der Waals surface area contributed by atoms with Crippen molar-refractivity contribution in [3.05, 3.63) is 35.5 Å². The van der Waals surface area contributed by atoms with Gasteiger partial charge in [-0.05, 0) is 47.1 Å². The Morgan fingerprint density at radius 2 is 1.45 bits per heavy atom. The lowest BCUT2D eigenvalue weighted by Gasteiger charge is -2.44. The van der Waals surface area contributed by atoms with Gasteiger partial charge in [0.25, 0.3) is 0 Å². The van der Waals surface area contributed by atoms with E-state index in [-0.39, 0.29) is 0 Å². The number of halogens is 1. The van der Waals surface area contributed by atoms with Crippen molar-refractivity contribution >= 4 is 30.7 Å². The van der Waals surface area contributed by atoms with Crippen molar-refractivity contribution in [2.45, 2.75) is 58.2 Å². The van der Waals surface area contributed by atoms with Crippen molar-refractivity contribution in [1.82, 2.24) is 4.23 Å². The number of nitrogens with zero attached hydrogens (tertiary/aromatic N) is 1. The molecule has 0 fully saturated rings. The Balaban J connectivity index is 2.75. The van der Waals surface area contributed by atoms with Crippen LogP contribution in [-0.2, 0) is 0 Å². The summed E-state index contributed by atoms with van der Waals surface area (Å²) in [5, 5.41) is 2.08. The molecule has 0 unspecified atom stereocenters. The Morgan fingerprint density at radius 3 is 1.95 bits per heavy atom. The Labute approximate surface area is 129 Å². The second-order valence-electron chi connectivity index (χ2n) is 6.74. The molecule has 2 aromatic rings. The third-order valence-electron chi connectivity index (χ3n) is 4.84. The monoisotopic (exact) mass is 307 g/mol. The van der Waals surface area contributed by atoms with Crippen LogP contribution in [0.5, 0.6) is 0 Å². The molecule has 0 aliphatic heterocycles. The van der Waals surface area contributed by atoms with Gasteiger partial charge in [0.1, 0.15) is 0 Å². The quantitative estimate of drug-likeness (QED) is 0.583. The predicted octanol–water partition coefficient (Wildman–Crippen LogP) is 6.32. The summed E-state index contributed by atoms with van der Waals surface area (Å²) in [5.41, 5.74) is 3.45. The molecule has 0 spiro atoms. The van der Waals surface area contributed by atoms with Gasteiger partial charge in [0.05, 0.1) is 0 Å². The predicted molar refractivity (Wildman–Crippen MR) is 93.4 cm³/mol. The van der Waals surface area contributed by atoms with Crippen LogP contribution >= 0.6 is 11.6 Å². The van der Waals surface area contributed by atoms with Crippen molar-refractivity contribution in [2.75, 3.05) is 0 Å². The molecule has 0 N–H and O–H groups in total. The van der Waals surface area contributed by atoms with Gasteiger partial charge in [-0.25, -0.2) is 0 Å². The van der Waals surface area contributed by atoms with Crippen molar-refractivity contribution in [3.8, 4) is 0 Å². The van der Waals surface area contributed by atoms with Gasteiger partial charge >= 0.3 is 0 Å². The molecule has 2 rings (SSSR count). The number of hydrogen-bond donors (Lipinski definition) is 0. The van der Waals surface area contributed by atoms with E-state index in [1.165, 1.54) is 10.9 Å². The summed E-state index contributed by atoms with van der Waals surface area (Å²) in [6.45, 7) is 14.4. The highest BCUT2D eigenvalue weighted by molar-refractivity contribution is 6.82. The van der Waals surface area contributed by atoms with E-state index >= 15 is 0 Å². The molecule has 0 bridgehead atoms. The van der Waals surface area contributed by atoms with E-state index in [0.29, 0.717) is 16.6 Å². The highest BCUT2D eigenvalue weighted by Crippen LogP contribution is 2.44. The largest absolute Gasteiger partial charge is 0.373 e. The van der Waals surface area contributed by atoms with Crippen LogP contribution < -0.4 is 0 Å². The van der Waals surface area contributed by atoms with Crippen molar-refractivity contribution < 1.29 is 0 Å². The van der Waals surface area contributed by atoms with Gasteiger partial charge in [0, 0.05) is 15.9 Å². The van der Waals surface area contributed by atoms with Crippen LogP contribution in [0.25, 0.3) is 10.9 Å². The fourth-order valence-electron chi connectivity index (χ4n) is 4.29. The third-order valence-corrected chi connectivity index (χ3v) is 11.9. The molecular formula is C17H26ClNSi. The van der Waals surface area contributed by atoms with E-state index in [0.717, 1.165) is 5.02 Å². The van der Waals surface area contributed by atoms with E-state index < -0.39 is 8.24 Å². The highest BCUT2D eigenvalue weighted by Gasteiger charge is 2.45. The van der Waals surface area contributed by atoms with Crippen LogP contribution in [0.2, 0.25) is 21.6 Å². The molecular weight excluding hydrogens is 282 g/mol. The molecule has 0 saturated heterocycles. The lowest BCUT2D eigenvalue weighted by Crippen LogP contribution is -2.51. The van der Waals surface area contributed by atoms with Crippen molar-refractivity contribution in [2.24, 2.45) is 0 Å². The zero-order valence-electron chi connectivity index (χ0n) is 13.4. The smallest absolute Gasteiger partial charge is 0.169 e. The maximum atomic E-state index is 6.13. The zero-order chi connectivity index (χ0) is 15.1. The number of fused-ring (bicyclic) bond motifs is 1. The molecule has 0 radical (unpaired) electrons. The Kier molecular flexibility index (Phi) is 4.36. The molecule has 0 amide bonds. The van der Waals surface area contributed by atoms with Gasteiger partial charge in [0.15, 0.2) is 8.24 Å². The highest BCUT2D eigenvalue weighted by atomic mass is 35.5. The number of aromatic nitrogens is 1. The van der Waals surface area contributed by atoms with Gasteiger partial charge in [-0.2, -0.15) is 0 Å². The maximum absolute atomic E-state index is 6.13. The minimum Gasteiger partial charge on any atom is -0.373 e. The van der Waals surface area contributed by atoms with Gasteiger partial charge in [-0.1, -0.05) is 53.1 Å². The standard InChI is InChI=1S/C17H26ClNSi/c1-12(2)20(13(3)4,14(5)6)19-10-9-15-11-16(18)7-8-17(15)19/h7-14H,1-6H3. The minimum atomic E-state index is -1.66. The summed E-state index contributed by atoms with van der Waals surface area (Å²) in [6, 6.07) is 8.50. The average Bonchev–Trinajstić information content (AvgIpc) is 2.72. The van der Waals surface area contributed by atoms with E-state index in [1.54, 1.807) is 0 Å². The zero-order valence-corrected chi connectivity index (χ0v) is 15.2. The molecule has 1 aromatic heterocycles. The number of benzene rings is 1. The lowest BCUT2D eigenvalue weighted by molar-refractivity contribution is 0.773. The first-order valence-corrected chi connectivity index (χ1v) is 10.1. The molecule has 0 aliphatic carbocycles. The molecule has 1 aromatic carbocycles. The molecule has 0 saturated carbocycles. The fourth-order valence-corrected chi connectivity index (χ4v) is 11.1. The topological polar surface area (TPSA) is 4.93 Å². The second kappa shape index (κ2) is 5.57. The SMILES string of the molecule is CC(C)[Si](C(C)C)(C(C)C)n1ccc2cc(Cl)ccc21. The Bertz CT molecular complexity index is 576. The van der Waals surface area contributed by atoms with Gasteiger partial charge in [0.2, 0.25) is 0 Å². The summed E-state index contributed by atoms with van der Waals surface area (Å²) < 4.78 is 2.62. The van der Waals surface area contributed by atoms with Crippen LogP contribution in [0, 0.1) is 0 Å². The second-order valence-corrected chi connectivity index (χ2v) is 12.9. The maximum Gasteiger partial charge on any atom is 0.169 e. The molecule has 0 aliphatic rings. The normalized spacial score (nSPS) is 13.1. The Hall–Kier alpha value is -0.733. The summed E-state index contributed by atoms with van der Waals surface area (Å²) >= 11 is 6.13. The number of rotatable bonds is 4. The minimum absolute atomic E-state index is 0.703. The fraction of sp³-hybridized carbons (Fsp3) is 0.529. The van der Waals surface area contributed by atoms with Gasteiger partial charge in [-0.15, -0.1) is 0 Å². The van der Waals surface area contributed by atoms with Crippen LogP contribution in [-0.4, -0.2) is 12.5 Å². The van der Waals surface area contributed by atoms with E-state index in [4.69, 9.17) is 11.6 Å². The van der Waals surface area contributed by atoms with Crippen molar-refractivity contribution in [1.29, 1.82) is 0 Å². The van der Waals surface area contributed by atoms with E-state index in [2.05, 4.69) is 70.2 Å². The lowest BCUT2D eigenvalue weighted by atomic mass is 10.2. The van der Waals surface area contributed by atoms with Gasteiger partial charge in [-0.3, -0.25) is 0 Å². The first-order valence-electron chi connectivity index (χ1n) is 7.58. The summed E-state index contributed by atoms with van der Waals surface area (Å²) in [7, 11) is -1.66. The molecule has 110 valence electrons. The summed E-state index contributed by atoms with van der Waals surface area (Å²) in [4.78, 5) is 0. The first-order chi connectivity index (χ1) is 9.31. The van der Waals surface area contributed by atoms with Crippen LogP contribution in [0.3, 0.4) is 0 Å². The van der Waals surface area contributed by atoms with Crippen LogP contribution in [0.15, 0.2) is 30.5 Å². The van der Waals surface area contributed by atoms with Crippen LogP contribution in [0.4, 0.5) is 0 Å². The molecule has 3 heteroatoms. The Morgan fingerprint density at radius 1 is 0.900 bits per heavy atom. The molecule has 0 atom stereocenters. The third kappa shape index (κ3) is 2.23. The molecule has 1 nitrogen and oxygen atoms in total. The van der Waals surface area contributed by atoms with E-state index in [1.807, 2.05) is 6.07 Å². The molecule has 1 heterocycles. The van der Waals surface area contributed by atoms with Crippen molar-refractivity contribution in [3.63, 3.8) is 0 Å².